The van der Waals surface area contributed by atoms with Gasteiger partial charge in [0, 0.05) is 6.61 Å². The van der Waals surface area contributed by atoms with Gasteiger partial charge in [-0.05, 0) is 13.3 Å². The number of hydrogen-bond donors (Lipinski definition) is 0. The highest BCUT2D eigenvalue weighted by molar-refractivity contribution is 14.1. The van der Waals surface area contributed by atoms with Crippen LogP contribution >= 0.6 is 22.6 Å². The van der Waals surface area contributed by atoms with Crippen molar-refractivity contribution in [1.82, 2.24) is 0 Å². The maximum atomic E-state index is 5.25. The van der Waals surface area contributed by atoms with E-state index >= 15 is 0 Å². The zero-order valence-electron chi connectivity index (χ0n) is 6.60. The van der Waals surface area contributed by atoms with E-state index in [-0.39, 0.29) is 0 Å². The predicted octanol–water partition coefficient (Wildman–Crippen LogP) is 2.21. The van der Waals surface area contributed by atoms with Gasteiger partial charge in [0.25, 0.3) is 0 Å². The summed E-state index contributed by atoms with van der Waals surface area (Å²) in [6.07, 6.45) is 1.08. The summed E-state index contributed by atoms with van der Waals surface area (Å²) in [6.45, 7) is 6.40. The smallest absolute Gasteiger partial charge is 0.106 e. The summed E-state index contributed by atoms with van der Waals surface area (Å²) in [5.41, 5.74) is 0. The van der Waals surface area contributed by atoms with E-state index in [9.17, 15) is 0 Å². The van der Waals surface area contributed by atoms with Gasteiger partial charge in [0.1, 0.15) is 4.11 Å². The van der Waals surface area contributed by atoms with Gasteiger partial charge in [-0.15, -0.1) is 0 Å². The minimum absolute atomic E-state index is 0.294. The molecule has 62 valence electrons. The molecule has 0 heterocycles. The zero-order chi connectivity index (χ0) is 7.82. The Morgan fingerprint density at radius 3 is 2.50 bits per heavy atom. The minimum Gasteiger partial charge on any atom is -0.379 e. The van der Waals surface area contributed by atoms with Crippen molar-refractivity contribution in [3.05, 3.63) is 0 Å². The molecule has 0 aromatic carbocycles. The number of hydrogen-bond acceptors (Lipinski definition) is 2. The highest BCUT2D eigenvalue weighted by Crippen LogP contribution is 1.98. The van der Waals surface area contributed by atoms with Crippen molar-refractivity contribution in [1.29, 1.82) is 0 Å². The van der Waals surface area contributed by atoms with Crippen LogP contribution in [-0.4, -0.2) is 23.9 Å². The highest BCUT2D eigenvalue weighted by Gasteiger charge is 1.92. The second-order valence-corrected chi connectivity index (χ2v) is 3.78. The summed E-state index contributed by atoms with van der Waals surface area (Å²) < 4.78 is 10.7. The Labute approximate surface area is 76.4 Å². The Balaban J connectivity index is 2.77. The fraction of sp³-hybridized carbons (Fsp3) is 1.00. The van der Waals surface area contributed by atoms with Crippen LogP contribution in [0, 0.1) is 0 Å². The van der Waals surface area contributed by atoms with Crippen LogP contribution in [0.4, 0.5) is 0 Å². The molecule has 1 atom stereocenters. The van der Waals surface area contributed by atoms with Gasteiger partial charge in [0.05, 0.1) is 13.2 Å². The van der Waals surface area contributed by atoms with Gasteiger partial charge in [0.2, 0.25) is 0 Å². The van der Waals surface area contributed by atoms with Crippen molar-refractivity contribution in [2.75, 3.05) is 19.8 Å². The molecule has 0 aliphatic carbocycles. The first kappa shape index (κ1) is 10.7. The van der Waals surface area contributed by atoms with Gasteiger partial charge >= 0.3 is 0 Å². The van der Waals surface area contributed by atoms with Crippen molar-refractivity contribution < 1.29 is 9.47 Å². The molecule has 0 spiro atoms. The molecule has 10 heavy (non-hydrogen) atoms. The third-order valence-electron chi connectivity index (χ3n) is 0.924. The first-order chi connectivity index (χ1) is 4.77. The molecule has 1 unspecified atom stereocenters. The predicted molar refractivity (Wildman–Crippen MR) is 50.5 cm³/mol. The van der Waals surface area contributed by atoms with Crippen LogP contribution in [0.3, 0.4) is 0 Å². The lowest BCUT2D eigenvalue weighted by Gasteiger charge is -2.05. The minimum atomic E-state index is 0.294. The number of rotatable bonds is 6. The lowest BCUT2D eigenvalue weighted by atomic mass is 10.5. The SMILES string of the molecule is CCCOCCOC(C)I. The number of ether oxygens (including phenoxy) is 2. The molecule has 0 rings (SSSR count). The summed E-state index contributed by atoms with van der Waals surface area (Å²) in [5.74, 6) is 0. The van der Waals surface area contributed by atoms with E-state index in [0.29, 0.717) is 10.7 Å². The fourth-order valence-corrected chi connectivity index (χ4v) is 0.770. The van der Waals surface area contributed by atoms with Gasteiger partial charge in [0.15, 0.2) is 0 Å². The van der Waals surface area contributed by atoms with Crippen molar-refractivity contribution in [3.63, 3.8) is 0 Å². The summed E-state index contributed by atoms with van der Waals surface area (Å²) in [7, 11) is 0. The van der Waals surface area contributed by atoms with Gasteiger partial charge in [-0.2, -0.15) is 0 Å². The Kier molecular flexibility index (Phi) is 8.26. The fourth-order valence-electron chi connectivity index (χ4n) is 0.516. The molecule has 0 bridgehead atoms. The highest BCUT2D eigenvalue weighted by atomic mass is 127. The first-order valence-electron chi connectivity index (χ1n) is 3.60. The quantitative estimate of drug-likeness (QED) is 0.413. The molecular formula is C7H15IO2. The molecule has 0 fully saturated rings. The van der Waals surface area contributed by atoms with E-state index < -0.39 is 0 Å². The molecule has 0 amide bonds. The van der Waals surface area contributed by atoms with Crippen LogP contribution in [0.15, 0.2) is 0 Å². The summed E-state index contributed by atoms with van der Waals surface area (Å²) >= 11 is 2.23. The first-order valence-corrected chi connectivity index (χ1v) is 4.85. The summed E-state index contributed by atoms with van der Waals surface area (Å²) in [5, 5.41) is 0. The van der Waals surface area contributed by atoms with Crippen molar-refractivity contribution >= 4 is 22.6 Å². The maximum Gasteiger partial charge on any atom is 0.106 e. The lowest BCUT2D eigenvalue weighted by molar-refractivity contribution is 0.0474. The standard InChI is InChI=1S/C7H15IO2/c1-3-4-9-5-6-10-7(2)8/h7H,3-6H2,1-2H3. The summed E-state index contributed by atoms with van der Waals surface area (Å²) in [4.78, 5) is 0. The van der Waals surface area contributed by atoms with Crippen LogP contribution in [0.2, 0.25) is 0 Å². The van der Waals surface area contributed by atoms with Crippen molar-refractivity contribution in [2.24, 2.45) is 0 Å². The van der Waals surface area contributed by atoms with Crippen LogP contribution in [0.25, 0.3) is 0 Å². The largest absolute Gasteiger partial charge is 0.379 e. The topological polar surface area (TPSA) is 18.5 Å². The Hall–Kier alpha value is 0.650. The third kappa shape index (κ3) is 8.65. The van der Waals surface area contributed by atoms with E-state index in [1.54, 1.807) is 0 Å². The van der Waals surface area contributed by atoms with Gasteiger partial charge in [-0.25, -0.2) is 0 Å². The van der Waals surface area contributed by atoms with E-state index in [2.05, 4.69) is 29.5 Å². The molecule has 0 saturated carbocycles. The monoisotopic (exact) mass is 258 g/mol. The van der Waals surface area contributed by atoms with E-state index in [4.69, 9.17) is 9.47 Å². The zero-order valence-corrected chi connectivity index (χ0v) is 8.76. The molecule has 0 aromatic heterocycles. The molecule has 0 radical (unpaired) electrons. The van der Waals surface area contributed by atoms with Crippen LogP contribution in [0.1, 0.15) is 20.3 Å². The van der Waals surface area contributed by atoms with E-state index in [0.717, 1.165) is 19.6 Å². The Morgan fingerprint density at radius 1 is 1.30 bits per heavy atom. The average Bonchev–Trinajstić information content (AvgIpc) is 1.87. The van der Waals surface area contributed by atoms with Crippen LogP contribution in [-0.2, 0) is 9.47 Å². The van der Waals surface area contributed by atoms with E-state index in [1.807, 2.05) is 6.92 Å². The van der Waals surface area contributed by atoms with Crippen molar-refractivity contribution in [3.8, 4) is 0 Å². The van der Waals surface area contributed by atoms with Gasteiger partial charge in [-0.3, -0.25) is 0 Å². The molecule has 2 nitrogen and oxygen atoms in total. The van der Waals surface area contributed by atoms with E-state index in [1.165, 1.54) is 0 Å². The molecule has 0 aliphatic rings. The van der Waals surface area contributed by atoms with Crippen molar-refractivity contribution in [2.45, 2.75) is 24.4 Å². The third-order valence-corrected chi connectivity index (χ3v) is 1.28. The summed E-state index contributed by atoms with van der Waals surface area (Å²) in [6, 6.07) is 0. The van der Waals surface area contributed by atoms with Crippen LogP contribution in [0.5, 0.6) is 0 Å². The maximum absolute atomic E-state index is 5.25. The van der Waals surface area contributed by atoms with Gasteiger partial charge < -0.3 is 9.47 Å². The lowest BCUT2D eigenvalue weighted by Crippen LogP contribution is -2.07. The molecule has 0 saturated heterocycles. The molecule has 0 aromatic rings. The normalized spacial score (nSPS) is 13.5. The van der Waals surface area contributed by atoms with Gasteiger partial charge in [-0.1, -0.05) is 29.5 Å². The Bertz CT molecular complexity index is 66.6. The molecule has 0 N–H and O–H groups in total. The molecule has 0 aliphatic heterocycles. The average molecular weight is 258 g/mol. The molecule has 3 heteroatoms. The number of halogens is 1. The second-order valence-electron chi connectivity index (χ2n) is 2.03. The number of alkyl halides is 1. The molecular weight excluding hydrogens is 243 g/mol. The van der Waals surface area contributed by atoms with Crippen LogP contribution < -0.4 is 0 Å². The Morgan fingerprint density at radius 2 is 2.00 bits per heavy atom. The second kappa shape index (κ2) is 7.75.